The van der Waals surface area contributed by atoms with Crippen LogP contribution in [0.4, 0.5) is 16.2 Å². The average Bonchev–Trinajstić information content (AvgIpc) is 3.49. The number of hydrogen-bond acceptors (Lipinski definition) is 7. The van der Waals surface area contributed by atoms with Crippen molar-refractivity contribution >= 4 is 40.8 Å². The van der Waals surface area contributed by atoms with Crippen LogP contribution in [0.5, 0.6) is 11.6 Å². The number of anilines is 2. The van der Waals surface area contributed by atoms with E-state index in [1.807, 2.05) is 36.4 Å². The summed E-state index contributed by atoms with van der Waals surface area (Å²) in [6, 6.07) is 16.5. The van der Waals surface area contributed by atoms with E-state index in [-0.39, 0.29) is 0 Å². The van der Waals surface area contributed by atoms with Gasteiger partial charge < -0.3 is 14.5 Å². The molecule has 0 atom stereocenters. The highest BCUT2D eigenvalue weighted by Crippen LogP contribution is 2.37. The average molecular weight is 504 g/mol. The molecule has 2 fully saturated rings. The summed E-state index contributed by atoms with van der Waals surface area (Å²) in [6.07, 6.45) is 2.53. The number of barbiturate groups is 1. The minimum atomic E-state index is -1.45. The molecule has 2 aromatic carbocycles. The number of nitrogens with one attached hydrogen (secondary N) is 2. The first-order chi connectivity index (χ1) is 17.4. The van der Waals surface area contributed by atoms with Crippen molar-refractivity contribution in [3.05, 3.63) is 76.9 Å². The van der Waals surface area contributed by atoms with Crippen LogP contribution < -0.4 is 25.2 Å². The zero-order chi connectivity index (χ0) is 24.9. The van der Waals surface area contributed by atoms with Gasteiger partial charge in [0.1, 0.15) is 5.75 Å². The zero-order valence-electron chi connectivity index (χ0n) is 19.2. The number of amides is 4. The van der Waals surface area contributed by atoms with Crippen molar-refractivity contribution in [2.75, 3.05) is 16.3 Å². The predicted octanol–water partition coefficient (Wildman–Crippen LogP) is 3.75. The van der Waals surface area contributed by atoms with E-state index in [1.54, 1.807) is 23.2 Å². The molecule has 0 bridgehead atoms. The van der Waals surface area contributed by atoms with E-state index in [2.05, 4.69) is 26.6 Å². The molecular formula is C26H22ClN5O4. The third-order valence-corrected chi connectivity index (χ3v) is 7.19. The van der Waals surface area contributed by atoms with Gasteiger partial charge in [-0.05, 0) is 66.4 Å². The van der Waals surface area contributed by atoms with Crippen LogP contribution in [-0.4, -0.2) is 34.9 Å². The second kappa shape index (κ2) is 8.53. The standard InChI is InChI=1S/C26H22ClN5O4/c27-18-3-5-19(6-4-18)31-14-16-2-8-21(12-17(16)15-31)36-22-9-7-20(13-28-22)32-11-1-10-26(32)23(33)29-25(35)30-24(26)34/h2-9,12-13H,1,10-11,14-15H2,(H2,29,30,33,34,35). The van der Waals surface area contributed by atoms with Gasteiger partial charge >= 0.3 is 6.03 Å². The van der Waals surface area contributed by atoms with Crippen LogP contribution in [0.2, 0.25) is 5.02 Å². The number of rotatable bonds is 4. The molecule has 0 unspecified atom stereocenters. The molecule has 1 spiro atoms. The highest BCUT2D eigenvalue weighted by molar-refractivity contribution is 6.30. The number of ether oxygens (including phenoxy) is 1. The number of carbonyl (C=O) groups excluding carboxylic acids is 3. The SMILES string of the molecule is O=C1NC(=O)C2(CCCN2c2ccc(Oc3ccc4c(c3)CN(c3ccc(Cl)cc3)C4)nc2)C(=O)N1. The van der Waals surface area contributed by atoms with E-state index in [0.717, 1.165) is 18.8 Å². The summed E-state index contributed by atoms with van der Waals surface area (Å²) in [5.41, 5.74) is 2.68. The first-order valence-corrected chi connectivity index (χ1v) is 12.0. The quantitative estimate of drug-likeness (QED) is 0.522. The van der Waals surface area contributed by atoms with Gasteiger partial charge in [-0.1, -0.05) is 17.7 Å². The molecule has 2 N–H and O–H groups in total. The Morgan fingerprint density at radius 2 is 1.61 bits per heavy atom. The maximum Gasteiger partial charge on any atom is 0.328 e. The fraction of sp³-hybridized carbons (Fsp3) is 0.231. The zero-order valence-corrected chi connectivity index (χ0v) is 19.9. The molecule has 0 radical (unpaired) electrons. The molecule has 2 saturated heterocycles. The van der Waals surface area contributed by atoms with Crippen molar-refractivity contribution in [2.45, 2.75) is 31.5 Å². The monoisotopic (exact) mass is 503 g/mol. The van der Waals surface area contributed by atoms with E-state index in [4.69, 9.17) is 16.3 Å². The molecule has 4 heterocycles. The van der Waals surface area contributed by atoms with Crippen LogP contribution in [0.25, 0.3) is 0 Å². The molecule has 182 valence electrons. The van der Waals surface area contributed by atoms with Crippen molar-refractivity contribution in [1.82, 2.24) is 15.6 Å². The first-order valence-electron chi connectivity index (χ1n) is 11.6. The van der Waals surface area contributed by atoms with Gasteiger partial charge in [-0.15, -0.1) is 0 Å². The van der Waals surface area contributed by atoms with E-state index in [9.17, 15) is 14.4 Å². The third kappa shape index (κ3) is 3.72. The predicted molar refractivity (Wildman–Crippen MR) is 133 cm³/mol. The van der Waals surface area contributed by atoms with Crippen molar-refractivity contribution in [3.63, 3.8) is 0 Å². The molecule has 0 saturated carbocycles. The largest absolute Gasteiger partial charge is 0.439 e. The van der Waals surface area contributed by atoms with Gasteiger partial charge in [0, 0.05) is 36.4 Å². The third-order valence-electron chi connectivity index (χ3n) is 6.93. The highest BCUT2D eigenvalue weighted by atomic mass is 35.5. The Morgan fingerprint density at radius 1 is 0.889 bits per heavy atom. The number of imide groups is 2. The topological polar surface area (TPSA) is 104 Å². The summed E-state index contributed by atoms with van der Waals surface area (Å²) in [5.74, 6) is -0.152. The molecule has 10 heteroatoms. The van der Waals surface area contributed by atoms with Gasteiger partial charge in [0.2, 0.25) is 5.88 Å². The van der Waals surface area contributed by atoms with Gasteiger partial charge in [0.05, 0.1) is 11.9 Å². The van der Waals surface area contributed by atoms with Crippen LogP contribution in [0.15, 0.2) is 60.8 Å². The van der Waals surface area contributed by atoms with Crippen molar-refractivity contribution in [1.29, 1.82) is 0 Å². The normalized spacial score (nSPS) is 18.3. The molecular weight excluding hydrogens is 482 g/mol. The number of nitrogens with zero attached hydrogens (tertiary/aromatic N) is 3. The maximum atomic E-state index is 12.7. The van der Waals surface area contributed by atoms with Crippen molar-refractivity contribution in [2.24, 2.45) is 0 Å². The minimum Gasteiger partial charge on any atom is -0.439 e. The minimum absolute atomic E-state index is 0.318. The second-order valence-electron chi connectivity index (χ2n) is 9.07. The van der Waals surface area contributed by atoms with Crippen LogP contribution >= 0.6 is 11.6 Å². The van der Waals surface area contributed by atoms with Gasteiger partial charge in [-0.3, -0.25) is 20.2 Å². The molecule has 9 nitrogen and oxygen atoms in total. The fourth-order valence-corrected chi connectivity index (χ4v) is 5.30. The smallest absolute Gasteiger partial charge is 0.328 e. The summed E-state index contributed by atoms with van der Waals surface area (Å²) in [6.45, 7) is 2.07. The Labute approximate surface area is 212 Å². The lowest BCUT2D eigenvalue weighted by atomic mass is 9.92. The van der Waals surface area contributed by atoms with E-state index < -0.39 is 23.4 Å². The van der Waals surface area contributed by atoms with Crippen LogP contribution in [0.1, 0.15) is 24.0 Å². The van der Waals surface area contributed by atoms with Crippen molar-refractivity contribution in [3.8, 4) is 11.6 Å². The Hall–Kier alpha value is -4.11. The molecule has 6 rings (SSSR count). The Balaban J connectivity index is 1.17. The number of urea groups is 1. The van der Waals surface area contributed by atoms with E-state index >= 15 is 0 Å². The lowest BCUT2D eigenvalue weighted by Crippen LogP contribution is -2.71. The Morgan fingerprint density at radius 3 is 2.33 bits per heavy atom. The maximum absolute atomic E-state index is 12.7. The lowest BCUT2D eigenvalue weighted by molar-refractivity contribution is -0.137. The molecule has 3 aliphatic rings. The van der Waals surface area contributed by atoms with E-state index in [0.29, 0.717) is 41.7 Å². The van der Waals surface area contributed by atoms with Crippen molar-refractivity contribution < 1.29 is 19.1 Å². The number of aromatic nitrogens is 1. The van der Waals surface area contributed by atoms with Gasteiger partial charge in [0.25, 0.3) is 11.8 Å². The summed E-state index contributed by atoms with van der Waals surface area (Å²) in [5, 5.41) is 5.15. The fourth-order valence-electron chi connectivity index (χ4n) is 5.17. The lowest BCUT2D eigenvalue weighted by Gasteiger charge is -2.38. The molecule has 3 aliphatic heterocycles. The molecule has 1 aromatic heterocycles. The molecule has 36 heavy (non-hydrogen) atoms. The number of pyridine rings is 1. The highest BCUT2D eigenvalue weighted by Gasteiger charge is 2.57. The van der Waals surface area contributed by atoms with Crippen LogP contribution in [0.3, 0.4) is 0 Å². The van der Waals surface area contributed by atoms with E-state index in [1.165, 1.54) is 11.1 Å². The summed E-state index contributed by atoms with van der Waals surface area (Å²) < 4.78 is 6.00. The van der Waals surface area contributed by atoms with Gasteiger partial charge in [-0.2, -0.15) is 0 Å². The number of fused-ring (bicyclic) bond motifs is 1. The molecule has 0 aliphatic carbocycles. The Bertz CT molecular complexity index is 1360. The van der Waals surface area contributed by atoms with Crippen LogP contribution in [0, 0.1) is 0 Å². The molecule has 3 aromatic rings. The summed E-state index contributed by atoms with van der Waals surface area (Å²) in [7, 11) is 0. The first kappa shape index (κ1) is 22.4. The van der Waals surface area contributed by atoms with Gasteiger partial charge in [-0.25, -0.2) is 9.78 Å². The summed E-state index contributed by atoms with van der Waals surface area (Å²) in [4.78, 5) is 45.2. The number of halogens is 1. The number of carbonyl (C=O) groups is 3. The van der Waals surface area contributed by atoms with Crippen LogP contribution in [-0.2, 0) is 22.7 Å². The Kier molecular flexibility index (Phi) is 5.30. The second-order valence-corrected chi connectivity index (χ2v) is 9.51. The van der Waals surface area contributed by atoms with Gasteiger partial charge in [0.15, 0.2) is 5.54 Å². The molecule has 4 amide bonds. The number of benzene rings is 2. The summed E-state index contributed by atoms with van der Waals surface area (Å²) >= 11 is 6.02. The number of hydrogen-bond donors (Lipinski definition) is 2.